The molecule has 0 aliphatic rings. The molecule has 1 aromatic carbocycles. The summed E-state index contributed by atoms with van der Waals surface area (Å²) < 4.78 is 45.3. The maximum atomic E-state index is 13.7. The number of hydrogen-bond acceptors (Lipinski definition) is 4. The topological polar surface area (TPSA) is 81.4 Å². The van der Waals surface area contributed by atoms with Crippen molar-refractivity contribution < 1.29 is 17.5 Å². The van der Waals surface area contributed by atoms with Gasteiger partial charge in [0.15, 0.2) is 0 Å². The van der Waals surface area contributed by atoms with Crippen molar-refractivity contribution in [1.82, 2.24) is 4.72 Å². The number of nitrogens with one attached hydrogen (secondary N) is 1. The van der Waals surface area contributed by atoms with Crippen LogP contribution in [-0.4, -0.2) is 28.2 Å². The average molecular weight is 369 g/mol. The van der Waals surface area contributed by atoms with Gasteiger partial charge < -0.3 is 10.5 Å². The molecule has 0 amide bonds. The van der Waals surface area contributed by atoms with E-state index >= 15 is 0 Å². The van der Waals surface area contributed by atoms with Crippen molar-refractivity contribution in [2.45, 2.75) is 24.7 Å². The summed E-state index contributed by atoms with van der Waals surface area (Å²) in [7, 11) is -3.93. The second-order valence-corrected chi connectivity index (χ2v) is 6.76. The van der Waals surface area contributed by atoms with E-state index in [2.05, 4.69) is 20.7 Å². The van der Waals surface area contributed by atoms with Crippen molar-refractivity contribution in [3.63, 3.8) is 0 Å². The van der Waals surface area contributed by atoms with Gasteiger partial charge in [-0.25, -0.2) is 17.5 Å². The van der Waals surface area contributed by atoms with Crippen LogP contribution >= 0.6 is 15.9 Å². The first-order valence-corrected chi connectivity index (χ1v) is 8.48. The van der Waals surface area contributed by atoms with Crippen LogP contribution in [0.1, 0.15) is 19.8 Å². The van der Waals surface area contributed by atoms with Gasteiger partial charge >= 0.3 is 0 Å². The standard InChI is InChI=1S/C12H18BrFN2O3S/c1-2-3-5-19-6-4-16-20(17,18)12-8-11(15)9(13)7-10(12)14/h7-8,16H,2-6,15H2,1H3. The molecule has 0 bridgehead atoms. The van der Waals surface area contributed by atoms with Crippen LogP contribution < -0.4 is 10.5 Å². The quantitative estimate of drug-likeness (QED) is 0.544. The number of benzene rings is 1. The second-order valence-electron chi connectivity index (χ2n) is 4.17. The third kappa shape index (κ3) is 5.01. The van der Waals surface area contributed by atoms with E-state index in [4.69, 9.17) is 10.5 Å². The third-order valence-electron chi connectivity index (χ3n) is 2.52. The van der Waals surface area contributed by atoms with Gasteiger partial charge in [-0.05, 0) is 34.5 Å². The number of sulfonamides is 1. The highest BCUT2D eigenvalue weighted by Crippen LogP contribution is 2.25. The number of hydrogen-bond donors (Lipinski definition) is 2. The van der Waals surface area contributed by atoms with Gasteiger partial charge in [0.25, 0.3) is 0 Å². The first-order valence-electron chi connectivity index (χ1n) is 6.20. The van der Waals surface area contributed by atoms with Crippen molar-refractivity contribution in [3.8, 4) is 0 Å². The molecule has 5 nitrogen and oxygen atoms in total. The second kappa shape index (κ2) is 7.92. The molecule has 1 aromatic rings. The fourth-order valence-corrected chi connectivity index (χ4v) is 2.85. The lowest BCUT2D eigenvalue weighted by molar-refractivity contribution is 0.136. The number of halogens is 2. The molecule has 0 atom stereocenters. The summed E-state index contributed by atoms with van der Waals surface area (Å²) >= 11 is 3.03. The van der Waals surface area contributed by atoms with E-state index in [0.717, 1.165) is 25.0 Å². The van der Waals surface area contributed by atoms with E-state index < -0.39 is 20.7 Å². The first-order chi connectivity index (χ1) is 9.38. The molecule has 20 heavy (non-hydrogen) atoms. The Morgan fingerprint density at radius 3 is 2.75 bits per heavy atom. The first kappa shape index (κ1) is 17.4. The van der Waals surface area contributed by atoms with Crippen LogP contribution in [0.5, 0.6) is 0 Å². The smallest absolute Gasteiger partial charge is 0.243 e. The molecule has 0 saturated carbocycles. The Morgan fingerprint density at radius 1 is 1.40 bits per heavy atom. The van der Waals surface area contributed by atoms with Crippen molar-refractivity contribution in [1.29, 1.82) is 0 Å². The summed E-state index contributed by atoms with van der Waals surface area (Å²) in [5.41, 5.74) is 5.72. The van der Waals surface area contributed by atoms with E-state index in [0.29, 0.717) is 11.1 Å². The van der Waals surface area contributed by atoms with Gasteiger partial charge in [-0.1, -0.05) is 13.3 Å². The lowest BCUT2D eigenvalue weighted by atomic mass is 10.3. The molecule has 0 unspecified atom stereocenters. The highest BCUT2D eigenvalue weighted by molar-refractivity contribution is 9.10. The number of unbranched alkanes of at least 4 members (excludes halogenated alkanes) is 1. The van der Waals surface area contributed by atoms with E-state index in [1.165, 1.54) is 0 Å². The molecule has 0 spiro atoms. The van der Waals surface area contributed by atoms with Gasteiger partial charge in [-0.2, -0.15) is 0 Å². The Morgan fingerprint density at radius 2 is 2.10 bits per heavy atom. The van der Waals surface area contributed by atoms with Crippen LogP contribution in [0.3, 0.4) is 0 Å². The number of nitrogens with two attached hydrogens (primary N) is 1. The summed E-state index contributed by atoms with van der Waals surface area (Å²) in [4.78, 5) is -0.466. The molecular formula is C12H18BrFN2O3S. The summed E-state index contributed by atoms with van der Waals surface area (Å²) in [5, 5.41) is 0. The normalized spacial score (nSPS) is 11.8. The Kier molecular flexibility index (Phi) is 6.87. The molecule has 0 aliphatic heterocycles. The molecule has 1 rings (SSSR count). The lowest BCUT2D eigenvalue weighted by Crippen LogP contribution is -2.28. The van der Waals surface area contributed by atoms with Gasteiger partial charge in [-0.15, -0.1) is 0 Å². The van der Waals surface area contributed by atoms with Crippen molar-refractivity contribution in [2.75, 3.05) is 25.5 Å². The molecule has 0 saturated heterocycles. The lowest BCUT2D eigenvalue weighted by Gasteiger charge is -2.09. The Balaban J connectivity index is 2.63. The zero-order valence-corrected chi connectivity index (χ0v) is 13.6. The molecule has 0 fully saturated rings. The van der Waals surface area contributed by atoms with Gasteiger partial charge in [0, 0.05) is 23.3 Å². The minimum absolute atomic E-state index is 0.0848. The fourth-order valence-electron chi connectivity index (χ4n) is 1.43. The third-order valence-corrected chi connectivity index (χ3v) is 4.68. The zero-order chi connectivity index (χ0) is 15.2. The molecule has 3 N–H and O–H groups in total. The molecule has 8 heteroatoms. The summed E-state index contributed by atoms with van der Waals surface area (Å²) in [6.45, 7) is 2.94. The van der Waals surface area contributed by atoms with Crippen LogP contribution in [0.4, 0.5) is 10.1 Å². The van der Waals surface area contributed by atoms with Crippen molar-refractivity contribution in [3.05, 3.63) is 22.4 Å². The predicted octanol–water partition coefficient (Wildman–Crippen LogP) is 2.27. The minimum Gasteiger partial charge on any atom is -0.398 e. The van der Waals surface area contributed by atoms with Gasteiger partial charge in [-0.3, -0.25) is 0 Å². The molecule has 0 heterocycles. The maximum Gasteiger partial charge on any atom is 0.243 e. The molecule has 0 radical (unpaired) electrons. The molecule has 114 valence electrons. The highest BCUT2D eigenvalue weighted by atomic mass is 79.9. The number of anilines is 1. The van der Waals surface area contributed by atoms with Crippen LogP contribution in [0.2, 0.25) is 0 Å². The van der Waals surface area contributed by atoms with E-state index in [-0.39, 0.29) is 18.8 Å². The number of nitrogen functional groups attached to an aromatic ring is 1. The van der Waals surface area contributed by atoms with E-state index in [9.17, 15) is 12.8 Å². The Hall–Kier alpha value is -0.700. The summed E-state index contributed by atoms with van der Waals surface area (Å²) in [6.07, 6.45) is 1.93. The van der Waals surface area contributed by atoms with Gasteiger partial charge in [0.1, 0.15) is 10.7 Å². The number of rotatable bonds is 8. The van der Waals surface area contributed by atoms with Crippen LogP contribution in [0.15, 0.2) is 21.5 Å². The summed E-state index contributed by atoms with van der Waals surface area (Å²) in [6, 6.07) is 2.11. The molecular weight excluding hydrogens is 351 g/mol. The summed E-state index contributed by atoms with van der Waals surface area (Å²) in [5.74, 6) is -0.856. The van der Waals surface area contributed by atoms with Crippen LogP contribution in [0.25, 0.3) is 0 Å². The van der Waals surface area contributed by atoms with Crippen molar-refractivity contribution in [2.24, 2.45) is 0 Å². The maximum absolute atomic E-state index is 13.7. The highest BCUT2D eigenvalue weighted by Gasteiger charge is 2.20. The van der Waals surface area contributed by atoms with E-state index in [1.54, 1.807) is 0 Å². The Labute approximate surface area is 126 Å². The fraction of sp³-hybridized carbons (Fsp3) is 0.500. The average Bonchev–Trinajstić information content (AvgIpc) is 2.37. The number of ether oxygens (including phenoxy) is 1. The SMILES string of the molecule is CCCCOCCNS(=O)(=O)c1cc(N)c(Br)cc1F. The Bertz CT molecular complexity index is 552. The van der Waals surface area contributed by atoms with Gasteiger partial charge in [0.2, 0.25) is 10.0 Å². The van der Waals surface area contributed by atoms with E-state index in [1.807, 2.05) is 6.92 Å². The molecule has 0 aromatic heterocycles. The van der Waals surface area contributed by atoms with Crippen LogP contribution in [-0.2, 0) is 14.8 Å². The van der Waals surface area contributed by atoms with Crippen molar-refractivity contribution >= 4 is 31.6 Å². The predicted molar refractivity (Wildman–Crippen MR) is 79.4 cm³/mol. The molecule has 0 aliphatic carbocycles. The zero-order valence-electron chi connectivity index (χ0n) is 11.2. The largest absolute Gasteiger partial charge is 0.398 e. The monoisotopic (exact) mass is 368 g/mol. The van der Waals surface area contributed by atoms with Crippen LogP contribution in [0, 0.1) is 5.82 Å². The minimum atomic E-state index is -3.93. The van der Waals surface area contributed by atoms with Gasteiger partial charge in [0.05, 0.1) is 6.61 Å².